The van der Waals surface area contributed by atoms with Gasteiger partial charge in [0.2, 0.25) is 5.91 Å². The van der Waals surface area contributed by atoms with Crippen LogP contribution in [-0.4, -0.2) is 34.2 Å². The summed E-state index contributed by atoms with van der Waals surface area (Å²) in [6.45, 7) is 5.04. The first-order chi connectivity index (χ1) is 13.1. The van der Waals surface area contributed by atoms with E-state index < -0.39 is 5.92 Å². The molecule has 1 aromatic carbocycles. The van der Waals surface area contributed by atoms with Gasteiger partial charge in [0.15, 0.2) is 0 Å². The van der Waals surface area contributed by atoms with Crippen molar-refractivity contribution >= 4 is 22.5 Å². The number of benzene rings is 1. The van der Waals surface area contributed by atoms with Crippen molar-refractivity contribution in [2.75, 3.05) is 18.4 Å². The summed E-state index contributed by atoms with van der Waals surface area (Å²) < 4.78 is 0. The van der Waals surface area contributed by atoms with Crippen LogP contribution in [0.4, 0.5) is 5.82 Å². The summed E-state index contributed by atoms with van der Waals surface area (Å²) >= 11 is 0. The fourth-order valence-corrected chi connectivity index (χ4v) is 2.83. The number of carbonyl (C=O) groups excluding carboxylic acids is 1. The lowest BCUT2D eigenvalue weighted by Gasteiger charge is -2.13. The third-order valence-corrected chi connectivity index (χ3v) is 4.40. The zero-order chi connectivity index (χ0) is 19.2. The van der Waals surface area contributed by atoms with Crippen LogP contribution in [0.3, 0.4) is 0 Å². The minimum Gasteiger partial charge on any atom is -0.370 e. The van der Waals surface area contributed by atoms with E-state index in [0.717, 1.165) is 17.8 Å². The summed E-state index contributed by atoms with van der Waals surface area (Å²) in [5.74, 6) is 0.246. The lowest BCUT2D eigenvalue weighted by atomic mass is 10.0. The molecule has 7 nitrogen and oxygen atoms in total. The Morgan fingerprint density at radius 2 is 1.93 bits per heavy atom. The fourth-order valence-electron chi connectivity index (χ4n) is 2.83. The molecular weight excluding hydrogens is 342 g/mol. The summed E-state index contributed by atoms with van der Waals surface area (Å²) in [5.41, 5.74) is 1.44. The number of hydrogen-bond acceptors (Lipinski definition) is 5. The van der Waals surface area contributed by atoms with Crippen molar-refractivity contribution in [3.05, 3.63) is 64.2 Å². The van der Waals surface area contributed by atoms with E-state index in [2.05, 4.69) is 25.8 Å². The maximum absolute atomic E-state index is 12.5. The minimum atomic E-state index is -0.460. The van der Waals surface area contributed by atoms with Gasteiger partial charge in [0, 0.05) is 24.7 Å². The van der Waals surface area contributed by atoms with Gasteiger partial charge < -0.3 is 10.6 Å². The van der Waals surface area contributed by atoms with Gasteiger partial charge in [0.1, 0.15) is 5.82 Å². The van der Waals surface area contributed by atoms with E-state index in [-0.39, 0.29) is 11.5 Å². The highest BCUT2D eigenvalue weighted by Crippen LogP contribution is 2.20. The van der Waals surface area contributed by atoms with Crippen LogP contribution < -0.4 is 16.2 Å². The highest BCUT2D eigenvalue weighted by Gasteiger charge is 2.19. The molecule has 0 unspecified atom stereocenters. The van der Waals surface area contributed by atoms with Crippen molar-refractivity contribution in [2.24, 2.45) is 0 Å². The lowest BCUT2D eigenvalue weighted by Crippen LogP contribution is -2.31. The van der Waals surface area contributed by atoms with Crippen LogP contribution in [0.5, 0.6) is 0 Å². The number of hydrogen-bond donors (Lipinski definition) is 3. The number of aromatic amines is 1. The largest absolute Gasteiger partial charge is 0.370 e. The van der Waals surface area contributed by atoms with Gasteiger partial charge in [-0.15, -0.1) is 0 Å². The SMILES string of the molecule is Cc1ccc(NCCCNC(=O)[C@@H](C)c2n[nH]c(=O)c3ccccc23)nc1. The molecule has 7 heteroatoms. The molecule has 27 heavy (non-hydrogen) atoms. The van der Waals surface area contributed by atoms with Crippen molar-refractivity contribution in [1.82, 2.24) is 20.5 Å². The van der Waals surface area contributed by atoms with Crippen molar-refractivity contribution in [3.63, 3.8) is 0 Å². The number of pyridine rings is 1. The summed E-state index contributed by atoms with van der Waals surface area (Å²) in [6, 6.07) is 11.1. The lowest BCUT2D eigenvalue weighted by molar-refractivity contribution is -0.122. The summed E-state index contributed by atoms with van der Waals surface area (Å²) in [5, 5.41) is 14.0. The standard InChI is InChI=1S/C20H23N5O2/c1-13-8-9-17(23-12-13)21-10-5-11-22-19(26)14(2)18-15-6-3-4-7-16(15)20(27)25-24-18/h3-4,6-9,12,14H,5,10-11H2,1-2H3,(H,21,23)(H,22,26)(H,25,27)/t14-/m0/s1. The maximum atomic E-state index is 12.5. The molecule has 0 aliphatic heterocycles. The molecule has 140 valence electrons. The number of aromatic nitrogens is 3. The monoisotopic (exact) mass is 365 g/mol. The Kier molecular flexibility index (Phi) is 5.80. The molecule has 0 bridgehead atoms. The van der Waals surface area contributed by atoms with Gasteiger partial charge >= 0.3 is 0 Å². The van der Waals surface area contributed by atoms with E-state index in [9.17, 15) is 9.59 Å². The predicted octanol–water partition coefficient (Wildman–Crippen LogP) is 2.35. The number of aryl methyl sites for hydroxylation is 1. The van der Waals surface area contributed by atoms with Crippen LogP contribution in [0, 0.1) is 6.92 Å². The Labute approximate surface area is 157 Å². The maximum Gasteiger partial charge on any atom is 0.272 e. The zero-order valence-electron chi connectivity index (χ0n) is 15.5. The smallest absolute Gasteiger partial charge is 0.272 e. The van der Waals surface area contributed by atoms with Crippen molar-refractivity contribution in [1.29, 1.82) is 0 Å². The van der Waals surface area contributed by atoms with Crippen LogP contribution >= 0.6 is 0 Å². The van der Waals surface area contributed by atoms with E-state index in [4.69, 9.17) is 0 Å². The van der Waals surface area contributed by atoms with E-state index in [0.29, 0.717) is 29.6 Å². The van der Waals surface area contributed by atoms with Gasteiger partial charge in [-0.2, -0.15) is 5.10 Å². The number of nitrogens with zero attached hydrogens (tertiary/aromatic N) is 2. The van der Waals surface area contributed by atoms with Crippen LogP contribution in [0.25, 0.3) is 10.8 Å². The van der Waals surface area contributed by atoms with Crippen LogP contribution in [0.15, 0.2) is 47.4 Å². The Bertz CT molecular complexity index is 982. The molecule has 1 amide bonds. The topological polar surface area (TPSA) is 99.8 Å². The zero-order valence-corrected chi connectivity index (χ0v) is 15.5. The predicted molar refractivity (Wildman–Crippen MR) is 106 cm³/mol. The second-order valence-electron chi connectivity index (χ2n) is 6.50. The molecule has 3 aromatic rings. The number of carbonyl (C=O) groups is 1. The molecule has 3 N–H and O–H groups in total. The van der Waals surface area contributed by atoms with Gasteiger partial charge in [-0.25, -0.2) is 10.1 Å². The number of nitrogens with one attached hydrogen (secondary N) is 3. The molecular formula is C20H23N5O2. The highest BCUT2D eigenvalue weighted by molar-refractivity contribution is 5.90. The fraction of sp³-hybridized carbons (Fsp3) is 0.300. The number of amides is 1. The van der Waals surface area contributed by atoms with Gasteiger partial charge in [-0.05, 0) is 38.0 Å². The first kappa shape index (κ1) is 18.6. The molecule has 1 atom stereocenters. The number of fused-ring (bicyclic) bond motifs is 1. The average Bonchev–Trinajstić information content (AvgIpc) is 2.69. The summed E-state index contributed by atoms with van der Waals surface area (Å²) in [4.78, 5) is 28.6. The second-order valence-corrected chi connectivity index (χ2v) is 6.50. The molecule has 3 rings (SSSR count). The Balaban J connectivity index is 1.53. The van der Waals surface area contributed by atoms with Crippen molar-refractivity contribution < 1.29 is 4.79 Å². The molecule has 2 aromatic heterocycles. The first-order valence-corrected chi connectivity index (χ1v) is 8.98. The van der Waals surface area contributed by atoms with Gasteiger partial charge in [-0.1, -0.05) is 24.3 Å². The minimum absolute atomic E-state index is 0.117. The highest BCUT2D eigenvalue weighted by atomic mass is 16.2. The van der Waals surface area contributed by atoms with E-state index in [1.807, 2.05) is 37.4 Å². The van der Waals surface area contributed by atoms with Gasteiger partial charge in [0.05, 0.1) is 17.0 Å². The van der Waals surface area contributed by atoms with Gasteiger partial charge in [0.25, 0.3) is 5.56 Å². The number of anilines is 1. The summed E-state index contributed by atoms with van der Waals surface area (Å²) in [6.07, 6.45) is 2.58. The van der Waals surface area contributed by atoms with Crippen LogP contribution in [-0.2, 0) is 4.79 Å². The number of rotatable bonds is 7. The van der Waals surface area contributed by atoms with E-state index in [1.165, 1.54) is 0 Å². The molecule has 0 saturated heterocycles. The number of H-pyrrole nitrogens is 1. The van der Waals surface area contributed by atoms with Crippen molar-refractivity contribution in [2.45, 2.75) is 26.2 Å². The molecule has 0 fully saturated rings. The van der Waals surface area contributed by atoms with Crippen LogP contribution in [0.1, 0.15) is 30.5 Å². The molecule has 0 spiro atoms. The molecule has 0 radical (unpaired) electrons. The molecule has 2 heterocycles. The third kappa shape index (κ3) is 4.49. The summed E-state index contributed by atoms with van der Waals surface area (Å²) in [7, 11) is 0. The third-order valence-electron chi connectivity index (χ3n) is 4.40. The quantitative estimate of drug-likeness (QED) is 0.558. The van der Waals surface area contributed by atoms with Gasteiger partial charge in [-0.3, -0.25) is 9.59 Å². The van der Waals surface area contributed by atoms with Crippen LogP contribution in [0.2, 0.25) is 0 Å². The second kappa shape index (κ2) is 8.44. The normalized spacial score (nSPS) is 11.9. The Morgan fingerprint density at radius 1 is 1.15 bits per heavy atom. The molecule has 0 saturated carbocycles. The van der Waals surface area contributed by atoms with Crippen molar-refractivity contribution in [3.8, 4) is 0 Å². The molecule has 0 aliphatic rings. The Hall–Kier alpha value is -3.22. The van der Waals surface area contributed by atoms with E-state index in [1.54, 1.807) is 19.1 Å². The average molecular weight is 365 g/mol. The molecule has 0 aliphatic carbocycles. The Morgan fingerprint density at radius 3 is 2.67 bits per heavy atom. The first-order valence-electron chi connectivity index (χ1n) is 8.98. The van der Waals surface area contributed by atoms with E-state index >= 15 is 0 Å².